The van der Waals surface area contributed by atoms with Crippen LogP contribution in [0.15, 0.2) is 0 Å². The zero-order chi connectivity index (χ0) is 17.0. The van der Waals surface area contributed by atoms with Crippen molar-refractivity contribution in [1.29, 1.82) is 0 Å². The number of carbonyl (C=O) groups excluding carboxylic acids is 2. The third-order valence-corrected chi connectivity index (χ3v) is 4.76. The maximum Gasteiger partial charge on any atom is 0.314 e. The monoisotopic (exact) mass is 338 g/mol. The van der Waals surface area contributed by atoms with Gasteiger partial charge in [0.1, 0.15) is 5.00 Å². The number of amides is 2. The van der Waals surface area contributed by atoms with Crippen LogP contribution in [-0.2, 0) is 16.0 Å². The molecule has 0 saturated carbocycles. The van der Waals surface area contributed by atoms with Gasteiger partial charge in [0.2, 0.25) is 0 Å². The fourth-order valence-corrected chi connectivity index (χ4v) is 3.48. The average Bonchev–Trinajstić information content (AvgIpc) is 2.68. The quantitative estimate of drug-likeness (QED) is 0.853. The van der Waals surface area contributed by atoms with Crippen LogP contribution in [-0.4, -0.2) is 59.8 Å². The van der Waals surface area contributed by atoms with Crippen LogP contribution in [0.1, 0.15) is 31.0 Å². The Balaban J connectivity index is 2.02. The predicted molar refractivity (Wildman–Crippen MR) is 92.7 cm³/mol. The highest BCUT2D eigenvalue weighted by molar-refractivity contribution is 7.16. The first kappa shape index (κ1) is 17.9. The molecule has 0 radical (unpaired) electrons. The zero-order valence-corrected chi connectivity index (χ0v) is 15.2. The van der Waals surface area contributed by atoms with Gasteiger partial charge in [0.15, 0.2) is 0 Å². The van der Waals surface area contributed by atoms with E-state index in [1.165, 1.54) is 11.3 Å². The summed E-state index contributed by atoms with van der Waals surface area (Å²) >= 11 is 1.43. The van der Waals surface area contributed by atoms with E-state index in [1.54, 1.807) is 4.90 Å². The van der Waals surface area contributed by atoms with Gasteiger partial charge in [-0.05, 0) is 39.3 Å². The standard InChI is InChI=1S/C16H26N4O2S/c1-11(2)10-13-15(23-12(3)17-13)18-14(21)16(22)20-7-5-6-19(4)8-9-20/h11H,5-10H2,1-4H3,(H,18,21). The van der Waals surface area contributed by atoms with Gasteiger partial charge in [0.25, 0.3) is 0 Å². The second-order valence-electron chi connectivity index (χ2n) is 6.51. The lowest BCUT2D eigenvalue weighted by atomic mass is 10.1. The van der Waals surface area contributed by atoms with Crippen LogP contribution in [0.25, 0.3) is 0 Å². The molecule has 128 valence electrons. The molecule has 1 aliphatic rings. The number of rotatable bonds is 3. The molecule has 1 aromatic rings. The van der Waals surface area contributed by atoms with Gasteiger partial charge in [-0.15, -0.1) is 11.3 Å². The number of thiazole rings is 1. The first-order valence-electron chi connectivity index (χ1n) is 8.12. The third-order valence-electron chi connectivity index (χ3n) is 3.83. The van der Waals surface area contributed by atoms with Crippen LogP contribution in [0.5, 0.6) is 0 Å². The maximum absolute atomic E-state index is 12.4. The number of anilines is 1. The lowest BCUT2D eigenvalue weighted by Crippen LogP contribution is -2.41. The topological polar surface area (TPSA) is 65.5 Å². The molecule has 1 saturated heterocycles. The highest BCUT2D eigenvalue weighted by Gasteiger charge is 2.25. The molecule has 1 aromatic heterocycles. The van der Waals surface area contributed by atoms with Crippen molar-refractivity contribution in [3.63, 3.8) is 0 Å². The SMILES string of the molecule is Cc1nc(CC(C)C)c(NC(=O)C(=O)N2CCCN(C)CC2)s1. The summed E-state index contributed by atoms with van der Waals surface area (Å²) in [7, 11) is 2.03. The molecule has 0 unspecified atom stereocenters. The van der Waals surface area contributed by atoms with Crippen molar-refractivity contribution in [1.82, 2.24) is 14.8 Å². The van der Waals surface area contributed by atoms with Gasteiger partial charge >= 0.3 is 11.8 Å². The molecule has 7 heteroatoms. The number of nitrogens with one attached hydrogen (secondary N) is 1. The van der Waals surface area contributed by atoms with E-state index < -0.39 is 11.8 Å². The number of carbonyl (C=O) groups is 2. The molecule has 2 amide bonds. The Morgan fingerprint density at radius 2 is 2.00 bits per heavy atom. The number of aryl methyl sites for hydroxylation is 1. The zero-order valence-electron chi connectivity index (χ0n) is 14.4. The van der Waals surface area contributed by atoms with Gasteiger partial charge in [-0.1, -0.05) is 13.8 Å². The van der Waals surface area contributed by atoms with Crippen LogP contribution >= 0.6 is 11.3 Å². The second-order valence-corrected chi connectivity index (χ2v) is 7.71. The van der Waals surface area contributed by atoms with Crippen molar-refractivity contribution in [2.75, 3.05) is 38.5 Å². The molecule has 0 aliphatic carbocycles. The summed E-state index contributed by atoms with van der Waals surface area (Å²) in [5.41, 5.74) is 0.874. The fraction of sp³-hybridized carbons (Fsp3) is 0.688. The summed E-state index contributed by atoms with van der Waals surface area (Å²) in [6, 6.07) is 0. The van der Waals surface area contributed by atoms with E-state index in [1.807, 2.05) is 14.0 Å². The molecule has 0 atom stereocenters. The number of hydrogen-bond donors (Lipinski definition) is 1. The van der Waals surface area contributed by atoms with Crippen molar-refractivity contribution in [3.8, 4) is 0 Å². The Labute approximate surface area is 141 Å². The Hall–Kier alpha value is -1.47. The molecule has 1 fully saturated rings. The summed E-state index contributed by atoms with van der Waals surface area (Å²) in [4.78, 5) is 33.0. The summed E-state index contributed by atoms with van der Waals surface area (Å²) in [5, 5.41) is 4.39. The Morgan fingerprint density at radius 1 is 1.26 bits per heavy atom. The summed E-state index contributed by atoms with van der Waals surface area (Å²) in [6.45, 7) is 9.13. The van der Waals surface area contributed by atoms with E-state index in [4.69, 9.17) is 0 Å². The minimum atomic E-state index is -0.553. The molecule has 0 bridgehead atoms. The highest BCUT2D eigenvalue weighted by atomic mass is 32.1. The molecule has 2 rings (SSSR count). The van der Waals surface area contributed by atoms with Crippen molar-refractivity contribution in [3.05, 3.63) is 10.7 Å². The molecule has 0 aromatic carbocycles. The van der Waals surface area contributed by atoms with Crippen LogP contribution < -0.4 is 5.32 Å². The minimum absolute atomic E-state index is 0.443. The van der Waals surface area contributed by atoms with Crippen LogP contribution in [0.2, 0.25) is 0 Å². The van der Waals surface area contributed by atoms with Crippen LogP contribution in [0.4, 0.5) is 5.00 Å². The van der Waals surface area contributed by atoms with E-state index in [-0.39, 0.29) is 0 Å². The molecule has 2 heterocycles. The van der Waals surface area contributed by atoms with Crippen molar-refractivity contribution >= 4 is 28.2 Å². The van der Waals surface area contributed by atoms with Gasteiger partial charge in [-0.3, -0.25) is 9.59 Å². The molecule has 1 N–H and O–H groups in total. The minimum Gasteiger partial charge on any atom is -0.333 e. The maximum atomic E-state index is 12.4. The Kier molecular flexibility index (Phi) is 6.12. The molecule has 0 spiro atoms. The Morgan fingerprint density at radius 3 is 2.70 bits per heavy atom. The largest absolute Gasteiger partial charge is 0.333 e. The average molecular weight is 338 g/mol. The normalized spacial score (nSPS) is 16.5. The molecular formula is C16H26N4O2S. The van der Waals surface area contributed by atoms with Gasteiger partial charge in [-0.25, -0.2) is 4.98 Å². The molecule has 23 heavy (non-hydrogen) atoms. The van der Waals surface area contributed by atoms with Gasteiger partial charge in [0.05, 0.1) is 10.7 Å². The number of likely N-dealkylation sites (N-methyl/N-ethyl adjacent to an activating group) is 1. The first-order valence-corrected chi connectivity index (χ1v) is 8.93. The van der Waals surface area contributed by atoms with E-state index in [2.05, 4.69) is 29.0 Å². The smallest absolute Gasteiger partial charge is 0.314 e. The Bertz CT molecular complexity index is 570. The summed E-state index contributed by atoms with van der Waals surface area (Å²) in [6.07, 6.45) is 1.69. The second kappa shape index (κ2) is 7.88. The van der Waals surface area contributed by atoms with Gasteiger partial charge < -0.3 is 15.1 Å². The van der Waals surface area contributed by atoms with E-state index >= 15 is 0 Å². The number of aromatic nitrogens is 1. The van der Waals surface area contributed by atoms with E-state index in [9.17, 15) is 9.59 Å². The number of nitrogens with zero attached hydrogens (tertiary/aromatic N) is 3. The first-order chi connectivity index (χ1) is 10.9. The molecular weight excluding hydrogens is 312 g/mol. The molecule has 6 nitrogen and oxygen atoms in total. The number of hydrogen-bond acceptors (Lipinski definition) is 5. The van der Waals surface area contributed by atoms with Crippen LogP contribution in [0.3, 0.4) is 0 Å². The lowest BCUT2D eigenvalue weighted by Gasteiger charge is -2.19. The van der Waals surface area contributed by atoms with Gasteiger partial charge in [-0.2, -0.15) is 0 Å². The summed E-state index contributed by atoms with van der Waals surface area (Å²) in [5.74, 6) is -0.547. The van der Waals surface area contributed by atoms with Crippen molar-refractivity contribution < 1.29 is 9.59 Å². The fourth-order valence-electron chi connectivity index (χ4n) is 2.64. The predicted octanol–water partition coefficient (Wildman–Crippen LogP) is 1.75. The third kappa shape index (κ3) is 5.00. The van der Waals surface area contributed by atoms with Crippen LogP contribution in [0, 0.1) is 12.8 Å². The van der Waals surface area contributed by atoms with Crippen molar-refractivity contribution in [2.24, 2.45) is 5.92 Å². The van der Waals surface area contributed by atoms with Gasteiger partial charge in [0, 0.05) is 19.6 Å². The van der Waals surface area contributed by atoms with Crippen molar-refractivity contribution in [2.45, 2.75) is 33.6 Å². The van der Waals surface area contributed by atoms with E-state index in [0.717, 1.165) is 36.6 Å². The molecule has 1 aliphatic heterocycles. The lowest BCUT2D eigenvalue weighted by molar-refractivity contribution is -0.143. The highest BCUT2D eigenvalue weighted by Crippen LogP contribution is 2.26. The van der Waals surface area contributed by atoms with E-state index in [0.29, 0.717) is 24.0 Å². The summed E-state index contributed by atoms with van der Waals surface area (Å²) < 4.78 is 0.